The average Bonchev–Trinajstić information content (AvgIpc) is 2.53. The molecule has 2 heteroatoms. The third-order valence-electron chi connectivity index (χ3n) is 3.84. The number of hydrogen-bond donors (Lipinski definition) is 1. The molecule has 0 heterocycles. The fourth-order valence-electron chi connectivity index (χ4n) is 2.40. The summed E-state index contributed by atoms with van der Waals surface area (Å²) in [6.45, 7) is 2.25. The lowest BCUT2D eigenvalue weighted by atomic mass is 10.1. The zero-order valence-electron chi connectivity index (χ0n) is 15.0. The monoisotopic (exact) mass is 318 g/mol. The fourth-order valence-corrected chi connectivity index (χ4v) is 2.40. The van der Waals surface area contributed by atoms with E-state index < -0.39 is 5.97 Å². The molecule has 0 aromatic heterocycles. The van der Waals surface area contributed by atoms with Gasteiger partial charge in [0.25, 0.3) is 0 Å². The van der Waals surface area contributed by atoms with Crippen molar-refractivity contribution in [1.82, 2.24) is 0 Å². The topological polar surface area (TPSA) is 37.3 Å². The SMILES string of the molecule is CCCCCCCCCCC#CC#CCCCCCCC(=O)O. The molecule has 0 aromatic rings. The van der Waals surface area contributed by atoms with E-state index in [1.54, 1.807) is 0 Å². The molecule has 0 unspecified atom stereocenters. The van der Waals surface area contributed by atoms with Crippen molar-refractivity contribution in [2.24, 2.45) is 0 Å². The summed E-state index contributed by atoms with van der Waals surface area (Å²) >= 11 is 0. The first-order valence-electron chi connectivity index (χ1n) is 9.45. The number of aliphatic carboxylic acids is 1. The third kappa shape index (κ3) is 20.6. The molecule has 0 aliphatic rings. The number of carboxylic acids is 1. The van der Waals surface area contributed by atoms with E-state index in [9.17, 15) is 4.79 Å². The molecular weight excluding hydrogens is 284 g/mol. The van der Waals surface area contributed by atoms with Gasteiger partial charge >= 0.3 is 5.97 Å². The van der Waals surface area contributed by atoms with Gasteiger partial charge in [-0.05, 0) is 31.1 Å². The van der Waals surface area contributed by atoms with Gasteiger partial charge in [-0.3, -0.25) is 4.79 Å². The van der Waals surface area contributed by atoms with Gasteiger partial charge in [-0.25, -0.2) is 0 Å². The molecule has 0 atom stereocenters. The Bertz CT molecular complexity index is 390. The Hall–Kier alpha value is -1.41. The maximum atomic E-state index is 10.3. The molecule has 0 saturated carbocycles. The molecule has 1 N–H and O–H groups in total. The van der Waals surface area contributed by atoms with Gasteiger partial charge < -0.3 is 5.11 Å². The van der Waals surface area contributed by atoms with Crippen molar-refractivity contribution in [3.05, 3.63) is 0 Å². The second-order valence-electron chi connectivity index (χ2n) is 6.14. The van der Waals surface area contributed by atoms with Gasteiger partial charge in [-0.1, -0.05) is 76.6 Å². The molecule has 0 aliphatic heterocycles. The fraction of sp³-hybridized carbons (Fsp3) is 0.762. The summed E-state index contributed by atoms with van der Waals surface area (Å²) in [6.07, 6.45) is 16.7. The van der Waals surface area contributed by atoms with Crippen LogP contribution in [-0.4, -0.2) is 11.1 Å². The minimum atomic E-state index is -0.698. The highest BCUT2D eigenvalue weighted by Gasteiger charge is 1.95. The van der Waals surface area contributed by atoms with Gasteiger partial charge in [0.2, 0.25) is 0 Å². The van der Waals surface area contributed by atoms with Crippen LogP contribution in [0.5, 0.6) is 0 Å². The molecule has 0 saturated heterocycles. The van der Waals surface area contributed by atoms with Crippen LogP contribution in [0.4, 0.5) is 0 Å². The minimum absolute atomic E-state index is 0.288. The van der Waals surface area contributed by atoms with Crippen LogP contribution in [0, 0.1) is 23.7 Å². The largest absolute Gasteiger partial charge is 0.481 e. The zero-order chi connectivity index (χ0) is 17.0. The standard InChI is InChI=1S/C21H34O2/c1-2-3-4-5-6-7-8-9-10-11-12-13-14-15-16-17-18-19-20-21(22)23/h2-10,15-20H2,1H3,(H,22,23). The Morgan fingerprint density at radius 3 is 1.61 bits per heavy atom. The summed E-state index contributed by atoms with van der Waals surface area (Å²) in [5.41, 5.74) is 0. The van der Waals surface area contributed by atoms with Crippen molar-refractivity contribution >= 4 is 5.97 Å². The summed E-state index contributed by atoms with van der Waals surface area (Å²) in [5, 5.41) is 8.51. The summed E-state index contributed by atoms with van der Waals surface area (Å²) in [6, 6.07) is 0. The lowest BCUT2D eigenvalue weighted by Crippen LogP contribution is -1.93. The minimum Gasteiger partial charge on any atom is -0.481 e. The molecule has 0 fully saturated rings. The highest BCUT2D eigenvalue weighted by molar-refractivity contribution is 5.66. The molecule has 0 amide bonds. The molecule has 2 nitrogen and oxygen atoms in total. The first-order chi connectivity index (χ1) is 11.3. The van der Waals surface area contributed by atoms with Gasteiger partial charge in [0.1, 0.15) is 0 Å². The van der Waals surface area contributed by atoms with Crippen LogP contribution in [0.15, 0.2) is 0 Å². The van der Waals surface area contributed by atoms with Crippen LogP contribution in [0.3, 0.4) is 0 Å². The molecule has 0 aromatic carbocycles. The van der Waals surface area contributed by atoms with Crippen LogP contribution in [0.2, 0.25) is 0 Å². The van der Waals surface area contributed by atoms with Gasteiger partial charge in [0, 0.05) is 19.3 Å². The second kappa shape index (κ2) is 18.6. The van der Waals surface area contributed by atoms with E-state index in [-0.39, 0.29) is 6.42 Å². The highest BCUT2D eigenvalue weighted by atomic mass is 16.4. The van der Waals surface area contributed by atoms with E-state index >= 15 is 0 Å². The Morgan fingerprint density at radius 2 is 1.13 bits per heavy atom. The molecule has 23 heavy (non-hydrogen) atoms. The number of rotatable bonds is 14. The first kappa shape index (κ1) is 21.6. The van der Waals surface area contributed by atoms with Gasteiger partial charge in [0.15, 0.2) is 0 Å². The van der Waals surface area contributed by atoms with Crippen LogP contribution in [0.1, 0.15) is 103 Å². The normalized spacial score (nSPS) is 9.61. The van der Waals surface area contributed by atoms with Gasteiger partial charge in [0.05, 0.1) is 0 Å². The summed E-state index contributed by atoms with van der Waals surface area (Å²) < 4.78 is 0. The van der Waals surface area contributed by atoms with Crippen LogP contribution >= 0.6 is 0 Å². The van der Waals surface area contributed by atoms with Gasteiger partial charge in [-0.2, -0.15) is 0 Å². The van der Waals surface area contributed by atoms with E-state index in [2.05, 4.69) is 30.6 Å². The lowest BCUT2D eigenvalue weighted by Gasteiger charge is -1.98. The predicted molar refractivity (Wildman–Crippen MR) is 98.1 cm³/mol. The Balaban J connectivity index is 3.27. The third-order valence-corrected chi connectivity index (χ3v) is 3.84. The van der Waals surface area contributed by atoms with Crippen molar-refractivity contribution in [3.63, 3.8) is 0 Å². The van der Waals surface area contributed by atoms with Crippen molar-refractivity contribution in [1.29, 1.82) is 0 Å². The van der Waals surface area contributed by atoms with Crippen LogP contribution in [0.25, 0.3) is 0 Å². The molecule has 0 spiro atoms. The molecule has 0 aliphatic carbocycles. The Kier molecular flexibility index (Phi) is 17.5. The van der Waals surface area contributed by atoms with E-state index in [4.69, 9.17) is 5.11 Å². The number of unbranched alkanes of at least 4 members (excludes halogenated alkanes) is 12. The predicted octanol–water partition coefficient (Wildman–Crippen LogP) is 5.95. The van der Waals surface area contributed by atoms with Crippen molar-refractivity contribution in [2.45, 2.75) is 103 Å². The quantitative estimate of drug-likeness (QED) is 0.317. The van der Waals surface area contributed by atoms with Crippen molar-refractivity contribution in [3.8, 4) is 23.7 Å². The number of carboxylic acid groups (broad SMARTS) is 1. The van der Waals surface area contributed by atoms with E-state index in [1.807, 2.05) is 0 Å². The van der Waals surface area contributed by atoms with E-state index in [0.717, 1.165) is 38.5 Å². The summed E-state index contributed by atoms with van der Waals surface area (Å²) in [7, 11) is 0. The summed E-state index contributed by atoms with van der Waals surface area (Å²) in [5.74, 6) is 11.4. The van der Waals surface area contributed by atoms with E-state index in [1.165, 1.54) is 51.4 Å². The van der Waals surface area contributed by atoms with Crippen molar-refractivity contribution < 1.29 is 9.90 Å². The molecule has 0 rings (SSSR count). The molecule has 0 bridgehead atoms. The highest BCUT2D eigenvalue weighted by Crippen LogP contribution is 2.09. The molecule has 0 radical (unpaired) electrons. The number of hydrogen-bond acceptors (Lipinski definition) is 1. The van der Waals surface area contributed by atoms with Crippen molar-refractivity contribution in [2.75, 3.05) is 0 Å². The number of carbonyl (C=O) groups is 1. The molecule has 130 valence electrons. The maximum absolute atomic E-state index is 10.3. The Morgan fingerprint density at radius 1 is 0.696 bits per heavy atom. The van der Waals surface area contributed by atoms with Crippen LogP contribution in [-0.2, 0) is 4.79 Å². The molecular formula is C21H34O2. The lowest BCUT2D eigenvalue weighted by molar-refractivity contribution is -0.137. The second-order valence-corrected chi connectivity index (χ2v) is 6.14. The maximum Gasteiger partial charge on any atom is 0.303 e. The smallest absolute Gasteiger partial charge is 0.303 e. The van der Waals surface area contributed by atoms with Crippen LogP contribution < -0.4 is 0 Å². The summed E-state index contributed by atoms with van der Waals surface area (Å²) in [4.78, 5) is 10.3. The zero-order valence-corrected chi connectivity index (χ0v) is 15.0. The Labute approximate surface area is 143 Å². The first-order valence-corrected chi connectivity index (χ1v) is 9.45. The average molecular weight is 319 g/mol. The van der Waals surface area contributed by atoms with E-state index in [0.29, 0.717) is 0 Å². The van der Waals surface area contributed by atoms with Gasteiger partial charge in [-0.15, -0.1) is 0 Å².